The van der Waals surface area contributed by atoms with Crippen LogP contribution >= 0.6 is 0 Å². The van der Waals surface area contributed by atoms with E-state index in [4.69, 9.17) is 0 Å². The summed E-state index contributed by atoms with van der Waals surface area (Å²) in [6.45, 7) is 4.83. The molecule has 0 saturated carbocycles. The summed E-state index contributed by atoms with van der Waals surface area (Å²) in [5, 5.41) is 9.90. The summed E-state index contributed by atoms with van der Waals surface area (Å²) < 4.78 is 1.69. The molecule has 1 aliphatic rings. The first-order valence-electron chi connectivity index (χ1n) is 8.01. The highest BCUT2D eigenvalue weighted by molar-refractivity contribution is 5.94. The molecule has 0 spiro atoms. The van der Waals surface area contributed by atoms with Crippen molar-refractivity contribution in [2.24, 2.45) is 5.92 Å². The number of hydrogen-bond acceptors (Lipinski definition) is 3. The smallest absolute Gasteiger partial charge is 0.322 e. The van der Waals surface area contributed by atoms with E-state index in [0.717, 1.165) is 5.69 Å². The Morgan fingerprint density at radius 3 is 2.79 bits per heavy atom. The van der Waals surface area contributed by atoms with Gasteiger partial charge < -0.3 is 15.5 Å². The molecule has 126 valence electrons. The van der Waals surface area contributed by atoms with E-state index in [9.17, 15) is 9.59 Å². The molecule has 2 aromatic rings. The molecule has 1 saturated heterocycles. The first-order chi connectivity index (χ1) is 11.6. The van der Waals surface area contributed by atoms with Gasteiger partial charge in [0, 0.05) is 13.1 Å². The van der Waals surface area contributed by atoms with Crippen LogP contribution in [0.25, 0.3) is 5.69 Å². The lowest BCUT2D eigenvalue weighted by Gasteiger charge is -2.37. The Morgan fingerprint density at radius 1 is 1.33 bits per heavy atom. The van der Waals surface area contributed by atoms with Crippen molar-refractivity contribution in [2.45, 2.75) is 19.9 Å². The van der Waals surface area contributed by atoms with Crippen LogP contribution in [0.2, 0.25) is 0 Å². The number of benzene rings is 1. The average molecular weight is 327 g/mol. The molecule has 2 N–H and O–H groups in total. The van der Waals surface area contributed by atoms with Crippen molar-refractivity contribution in [3.05, 3.63) is 42.7 Å². The van der Waals surface area contributed by atoms with Gasteiger partial charge in [0.05, 0.1) is 23.8 Å². The molecule has 0 aliphatic carbocycles. The predicted octanol–water partition coefficient (Wildman–Crippen LogP) is 1.86. The Labute approximate surface area is 140 Å². The number of piperazine rings is 1. The number of amides is 3. The van der Waals surface area contributed by atoms with Gasteiger partial charge in [-0.25, -0.2) is 9.48 Å². The van der Waals surface area contributed by atoms with Crippen LogP contribution in [-0.2, 0) is 4.79 Å². The lowest BCUT2D eigenvalue weighted by atomic mass is 10.00. The van der Waals surface area contributed by atoms with Crippen molar-refractivity contribution >= 4 is 17.6 Å². The number of carbonyl (C=O) groups is 2. The second kappa shape index (κ2) is 6.74. The van der Waals surface area contributed by atoms with Gasteiger partial charge in [-0.2, -0.15) is 5.10 Å². The largest absolute Gasteiger partial charge is 0.353 e. The Bertz CT molecular complexity index is 726. The van der Waals surface area contributed by atoms with Gasteiger partial charge in [-0.1, -0.05) is 32.0 Å². The zero-order valence-electron chi connectivity index (χ0n) is 13.8. The minimum Gasteiger partial charge on any atom is -0.353 e. The highest BCUT2D eigenvalue weighted by atomic mass is 16.2. The minimum atomic E-state index is -0.456. The molecule has 7 heteroatoms. The van der Waals surface area contributed by atoms with E-state index in [1.54, 1.807) is 22.0 Å². The normalized spacial score (nSPS) is 17.7. The Kier molecular flexibility index (Phi) is 4.50. The third kappa shape index (κ3) is 3.24. The van der Waals surface area contributed by atoms with E-state index >= 15 is 0 Å². The summed E-state index contributed by atoms with van der Waals surface area (Å²) in [7, 11) is 0. The van der Waals surface area contributed by atoms with Crippen LogP contribution in [0.3, 0.4) is 0 Å². The van der Waals surface area contributed by atoms with E-state index in [1.165, 1.54) is 0 Å². The van der Waals surface area contributed by atoms with Gasteiger partial charge in [-0.05, 0) is 18.1 Å². The molecule has 1 aromatic heterocycles. The molecule has 1 aromatic carbocycles. The molecule has 2 heterocycles. The van der Waals surface area contributed by atoms with Gasteiger partial charge in [0.1, 0.15) is 6.04 Å². The number of urea groups is 1. The summed E-state index contributed by atoms with van der Waals surface area (Å²) in [6.07, 6.45) is 3.35. The zero-order valence-corrected chi connectivity index (χ0v) is 13.8. The number of hydrogen-bond donors (Lipinski definition) is 2. The first kappa shape index (κ1) is 16.0. The second-order valence-electron chi connectivity index (χ2n) is 6.11. The van der Waals surface area contributed by atoms with Crippen LogP contribution in [0, 0.1) is 5.92 Å². The number of nitrogens with zero attached hydrogens (tertiary/aromatic N) is 3. The highest BCUT2D eigenvalue weighted by Crippen LogP contribution is 2.17. The van der Waals surface area contributed by atoms with Crippen molar-refractivity contribution in [1.82, 2.24) is 20.0 Å². The molecule has 1 atom stereocenters. The number of para-hydroxylation sites is 1. The van der Waals surface area contributed by atoms with Gasteiger partial charge in [-0.15, -0.1) is 0 Å². The third-order valence-corrected chi connectivity index (χ3v) is 4.00. The molecule has 1 fully saturated rings. The second-order valence-corrected chi connectivity index (χ2v) is 6.11. The zero-order chi connectivity index (χ0) is 17.1. The Hall–Kier alpha value is -2.83. The van der Waals surface area contributed by atoms with Gasteiger partial charge in [0.15, 0.2) is 0 Å². The molecule has 0 radical (unpaired) electrons. The SMILES string of the molecule is CC(C)[C@H]1C(=O)NCCN1C(=O)Nc1cnn(-c2ccccc2)c1. The monoisotopic (exact) mass is 327 g/mol. The standard InChI is InChI=1S/C17H21N5O2/c1-12(2)15-16(23)18-8-9-21(15)17(24)20-13-10-19-22(11-13)14-6-4-3-5-7-14/h3-7,10-12,15H,8-9H2,1-2H3,(H,18,23)(H,20,24)/t15-/m0/s1. The van der Waals surface area contributed by atoms with Crippen molar-refractivity contribution in [2.75, 3.05) is 18.4 Å². The van der Waals surface area contributed by atoms with Gasteiger partial charge >= 0.3 is 6.03 Å². The van der Waals surface area contributed by atoms with E-state index in [-0.39, 0.29) is 17.9 Å². The Balaban J connectivity index is 1.73. The Morgan fingerprint density at radius 2 is 2.08 bits per heavy atom. The lowest BCUT2D eigenvalue weighted by molar-refractivity contribution is -0.129. The molecule has 7 nitrogen and oxygen atoms in total. The van der Waals surface area contributed by atoms with E-state index in [0.29, 0.717) is 18.8 Å². The van der Waals surface area contributed by atoms with E-state index < -0.39 is 6.04 Å². The van der Waals surface area contributed by atoms with Crippen molar-refractivity contribution in [3.63, 3.8) is 0 Å². The average Bonchev–Trinajstić information content (AvgIpc) is 3.03. The molecule has 3 rings (SSSR count). The van der Waals surface area contributed by atoms with Crippen LogP contribution < -0.4 is 10.6 Å². The fourth-order valence-corrected chi connectivity index (χ4v) is 2.88. The predicted molar refractivity (Wildman–Crippen MR) is 90.9 cm³/mol. The summed E-state index contributed by atoms with van der Waals surface area (Å²) in [4.78, 5) is 26.2. The van der Waals surface area contributed by atoms with Gasteiger partial charge in [0.2, 0.25) is 5.91 Å². The maximum Gasteiger partial charge on any atom is 0.322 e. The van der Waals surface area contributed by atoms with Crippen LogP contribution in [0.4, 0.5) is 10.5 Å². The maximum absolute atomic E-state index is 12.6. The van der Waals surface area contributed by atoms with Crippen molar-refractivity contribution in [3.8, 4) is 5.69 Å². The van der Waals surface area contributed by atoms with Crippen LogP contribution in [0.15, 0.2) is 42.7 Å². The molecule has 0 unspecified atom stereocenters. The maximum atomic E-state index is 12.6. The topological polar surface area (TPSA) is 79.3 Å². The number of anilines is 1. The van der Waals surface area contributed by atoms with E-state index in [1.807, 2.05) is 44.2 Å². The number of rotatable bonds is 3. The van der Waals surface area contributed by atoms with Gasteiger partial charge in [-0.3, -0.25) is 4.79 Å². The molecule has 1 aliphatic heterocycles. The number of aromatic nitrogens is 2. The lowest BCUT2D eigenvalue weighted by Crippen LogP contribution is -2.60. The fourth-order valence-electron chi connectivity index (χ4n) is 2.88. The molecular weight excluding hydrogens is 306 g/mol. The van der Waals surface area contributed by atoms with Crippen molar-refractivity contribution in [1.29, 1.82) is 0 Å². The quantitative estimate of drug-likeness (QED) is 0.903. The minimum absolute atomic E-state index is 0.0445. The summed E-state index contributed by atoms with van der Waals surface area (Å²) in [5.74, 6) is -0.0607. The van der Waals surface area contributed by atoms with Crippen LogP contribution in [0.5, 0.6) is 0 Å². The van der Waals surface area contributed by atoms with E-state index in [2.05, 4.69) is 15.7 Å². The number of nitrogens with one attached hydrogen (secondary N) is 2. The third-order valence-electron chi connectivity index (χ3n) is 4.00. The van der Waals surface area contributed by atoms with Crippen LogP contribution in [0.1, 0.15) is 13.8 Å². The molecule has 0 bridgehead atoms. The molecule has 3 amide bonds. The summed E-state index contributed by atoms with van der Waals surface area (Å²) in [6, 6.07) is 8.91. The van der Waals surface area contributed by atoms with Crippen molar-refractivity contribution < 1.29 is 9.59 Å². The van der Waals surface area contributed by atoms with Gasteiger partial charge in [0.25, 0.3) is 0 Å². The highest BCUT2D eigenvalue weighted by Gasteiger charge is 2.35. The van der Waals surface area contributed by atoms with Crippen LogP contribution in [-0.4, -0.2) is 45.8 Å². The number of carbonyl (C=O) groups excluding carboxylic acids is 2. The summed E-state index contributed by atoms with van der Waals surface area (Å²) in [5.41, 5.74) is 1.51. The fraction of sp³-hybridized carbons (Fsp3) is 0.353. The molecular formula is C17H21N5O2. The molecule has 24 heavy (non-hydrogen) atoms. The first-order valence-corrected chi connectivity index (χ1v) is 8.01. The summed E-state index contributed by atoms with van der Waals surface area (Å²) >= 11 is 0.